The smallest absolute Gasteiger partial charge is 0.237 e. The molecule has 0 aromatic heterocycles. The number of nitrogens with zero attached hydrogens (tertiary/aromatic N) is 1. The predicted octanol–water partition coefficient (Wildman–Crippen LogP) is 1.68. The van der Waals surface area contributed by atoms with E-state index in [2.05, 4.69) is 29.4 Å². The zero-order chi connectivity index (χ0) is 12.7. The highest BCUT2D eigenvalue weighted by atomic mass is 35.5. The molecule has 1 aliphatic rings. The predicted molar refractivity (Wildman–Crippen MR) is 85.5 cm³/mol. The van der Waals surface area contributed by atoms with Gasteiger partial charge in [-0.15, -0.1) is 24.8 Å². The van der Waals surface area contributed by atoms with Crippen molar-refractivity contribution in [2.75, 3.05) is 33.2 Å². The first-order chi connectivity index (χ1) is 8.16. The molecule has 0 aromatic rings. The summed E-state index contributed by atoms with van der Waals surface area (Å²) in [4.78, 5) is 14.5. The van der Waals surface area contributed by atoms with Crippen molar-refractivity contribution in [3.8, 4) is 0 Å². The van der Waals surface area contributed by atoms with Crippen molar-refractivity contribution >= 4 is 30.7 Å². The number of piperidine rings is 1. The molecular formula is C13H29Cl2N3O. The van der Waals surface area contributed by atoms with Crippen LogP contribution in [-0.4, -0.2) is 50.1 Å². The molecule has 0 radical (unpaired) electrons. The second kappa shape index (κ2) is 11.8. The molecule has 1 unspecified atom stereocenters. The van der Waals surface area contributed by atoms with Crippen LogP contribution < -0.4 is 10.6 Å². The number of likely N-dealkylation sites (tertiary alicyclic amines) is 1. The zero-order valence-electron chi connectivity index (χ0n) is 12.3. The highest BCUT2D eigenvalue weighted by Crippen LogP contribution is 2.17. The summed E-state index contributed by atoms with van der Waals surface area (Å²) in [5, 5.41) is 6.06. The standard InChI is InChI=1S/C13H27N3O.2ClH/c1-11(2)12(13(17)15-8-7-14-3)16-9-5-4-6-10-16;;/h11-12,14H,4-10H2,1-3H3,(H,15,17);2*1H. The van der Waals surface area contributed by atoms with Gasteiger partial charge in [0, 0.05) is 13.1 Å². The third-order valence-corrected chi connectivity index (χ3v) is 3.36. The van der Waals surface area contributed by atoms with E-state index in [4.69, 9.17) is 0 Å². The van der Waals surface area contributed by atoms with Crippen LogP contribution in [0.2, 0.25) is 0 Å². The van der Waals surface area contributed by atoms with Crippen LogP contribution >= 0.6 is 24.8 Å². The van der Waals surface area contributed by atoms with Crippen molar-refractivity contribution in [2.24, 2.45) is 5.92 Å². The van der Waals surface area contributed by atoms with Gasteiger partial charge in [-0.25, -0.2) is 0 Å². The molecule has 1 aliphatic heterocycles. The Morgan fingerprint density at radius 2 is 1.68 bits per heavy atom. The number of rotatable bonds is 6. The number of hydrogen-bond donors (Lipinski definition) is 2. The minimum Gasteiger partial charge on any atom is -0.353 e. The molecule has 1 saturated heterocycles. The zero-order valence-corrected chi connectivity index (χ0v) is 13.9. The van der Waals surface area contributed by atoms with Gasteiger partial charge in [0.15, 0.2) is 0 Å². The molecule has 1 rings (SSSR count). The monoisotopic (exact) mass is 313 g/mol. The minimum absolute atomic E-state index is 0. The lowest BCUT2D eigenvalue weighted by atomic mass is 9.98. The van der Waals surface area contributed by atoms with E-state index in [0.29, 0.717) is 12.5 Å². The van der Waals surface area contributed by atoms with E-state index in [1.54, 1.807) is 0 Å². The molecule has 0 saturated carbocycles. The molecule has 0 aromatic carbocycles. The Kier molecular flexibility index (Phi) is 13.2. The van der Waals surface area contributed by atoms with Gasteiger partial charge in [-0.3, -0.25) is 9.69 Å². The summed E-state index contributed by atoms with van der Waals surface area (Å²) in [5.41, 5.74) is 0. The fourth-order valence-electron chi connectivity index (χ4n) is 2.50. The van der Waals surface area contributed by atoms with Gasteiger partial charge in [-0.2, -0.15) is 0 Å². The first-order valence-electron chi connectivity index (χ1n) is 6.83. The molecule has 0 bridgehead atoms. The average Bonchev–Trinajstić information content (AvgIpc) is 2.30. The van der Waals surface area contributed by atoms with Crippen molar-refractivity contribution in [3.63, 3.8) is 0 Å². The number of nitrogens with one attached hydrogen (secondary N) is 2. The summed E-state index contributed by atoms with van der Waals surface area (Å²) < 4.78 is 0. The maximum Gasteiger partial charge on any atom is 0.237 e. The van der Waals surface area contributed by atoms with Crippen LogP contribution in [-0.2, 0) is 4.79 Å². The van der Waals surface area contributed by atoms with Crippen LogP contribution in [0.15, 0.2) is 0 Å². The Morgan fingerprint density at radius 3 is 2.16 bits per heavy atom. The molecule has 4 nitrogen and oxygen atoms in total. The molecule has 19 heavy (non-hydrogen) atoms. The maximum absolute atomic E-state index is 12.2. The van der Waals surface area contributed by atoms with Gasteiger partial charge in [0.25, 0.3) is 0 Å². The Morgan fingerprint density at radius 1 is 1.11 bits per heavy atom. The van der Waals surface area contributed by atoms with Crippen molar-refractivity contribution < 1.29 is 4.79 Å². The summed E-state index contributed by atoms with van der Waals surface area (Å²) in [6.07, 6.45) is 3.77. The molecule has 1 amide bonds. The fourth-order valence-corrected chi connectivity index (χ4v) is 2.50. The lowest BCUT2D eigenvalue weighted by molar-refractivity contribution is -0.128. The summed E-state index contributed by atoms with van der Waals surface area (Å²) in [5.74, 6) is 0.569. The molecular weight excluding hydrogens is 285 g/mol. The summed E-state index contributed by atoms with van der Waals surface area (Å²) in [7, 11) is 1.90. The topological polar surface area (TPSA) is 44.4 Å². The molecule has 0 aliphatic carbocycles. The van der Waals surface area contributed by atoms with E-state index < -0.39 is 0 Å². The van der Waals surface area contributed by atoms with Crippen molar-refractivity contribution in [1.29, 1.82) is 0 Å². The Labute approximate surface area is 129 Å². The Bertz CT molecular complexity index is 234. The first-order valence-corrected chi connectivity index (χ1v) is 6.83. The largest absolute Gasteiger partial charge is 0.353 e. The Hall–Kier alpha value is -0.0300. The van der Waals surface area contributed by atoms with Gasteiger partial charge in [-0.05, 0) is 38.9 Å². The quantitative estimate of drug-likeness (QED) is 0.733. The van der Waals surface area contributed by atoms with Crippen LogP contribution in [0.3, 0.4) is 0 Å². The van der Waals surface area contributed by atoms with E-state index in [1.165, 1.54) is 19.3 Å². The van der Waals surface area contributed by atoms with Crippen molar-refractivity contribution in [2.45, 2.75) is 39.2 Å². The van der Waals surface area contributed by atoms with Crippen molar-refractivity contribution in [3.05, 3.63) is 0 Å². The molecule has 0 spiro atoms. The third-order valence-electron chi connectivity index (χ3n) is 3.36. The lowest BCUT2D eigenvalue weighted by Gasteiger charge is -2.35. The molecule has 1 heterocycles. The molecule has 1 atom stereocenters. The molecule has 6 heteroatoms. The van der Waals surface area contributed by atoms with Crippen LogP contribution in [0.25, 0.3) is 0 Å². The number of halogens is 2. The fraction of sp³-hybridized carbons (Fsp3) is 0.923. The Balaban J connectivity index is 0. The van der Waals surface area contributed by atoms with E-state index in [1.807, 2.05) is 7.05 Å². The van der Waals surface area contributed by atoms with E-state index >= 15 is 0 Å². The highest BCUT2D eigenvalue weighted by molar-refractivity contribution is 5.85. The average molecular weight is 314 g/mol. The molecule has 2 N–H and O–H groups in total. The van der Waals surface area contributed by atoms with E-state index in [0.717, 1.165) is 19.6 Å². The van der Waals surface area contributed by atoms with Crippen LogP contribution in [0.1, 0.15) is 33.1 Å². The number of likely N-dealkylation sites (N-methyl/N-ethyl adjacent to an activating group) is 1. The SMILES string of the molecule is CNCCNC(=O)C(C(C)C)N1CCCCC1.Cl.Cl. The van der Waals surface area contributed by atoms with Crippen LogP contribution in [0, 0.1) is 5.92 Å². The van der Waals surface area contributed by atoms with E-state index in [9.17, 15) is 4.79 Å². The van der Waals surface area contributed by atoms with Gasteiger partial charge in [-0.1, -0.05) is 20.3 Å². The van der Waals surface area contributed by atoms with Gasteiger partial charge in [0.1, 0.15) is 0 Å². The summed E-state index contributed by atoms with van der Waals surface area (Å²) in [6, 6.07) is 0.0483. The first kappa shape index (κ1) is 21.3. The lowest BCUT2D eigenvalue weighted by Crippen LogP contribution is -2.52. The van der Waals surface area contributed by atoms with E-state index in [-0.39, 0.29) is 36.8 Å². The van der Waals surface area contributed by atoms with Crippen LogP contribution in [0.5, 0.6) is 0 Å². The number of hydrogen-bond acceptors (Lipinski definition) is 3. The number of carbonyl (C=O) groups excluding carboxylic acids is 1. The summed E-state index contributed by atoms with van der Waals surface area (Å²) >= 11 is 0. The van der Waals surface area contributed by atoms with Gasteiger partial charge in [0.2, 0.25) is 5.91 Å². The normalized spacial score (nSPS) is 17.3. The van der Waals surface area contributed by atoms with Crippen molar-refractivity contribution in [1.82, 2.24) is 15.5 Å². The number of amides is 1. The number of carbonyl (C=O) groups is 1. The molecule has 1 fully saturated rings. The van der Waals surface area contributed by atoms with Crippen LogP contribution in [0.4, 0.5) is 0 Å². The minimum atomic E-state index is 0. The van der Waals surface area contributed by atoms with Gasteiger partial charge >= 0.3 is 0 Å². The second-order valence-electron chi connectivity index (χ2n) is 5.18. The third kappa shape index (κ3) is 7.35. The van der Waals surface area contributed by atoms with Gasteiger partial charge in [0.05, 0.1) is 6.04 Å². The van der Waals surface area contributed by atoms with Gasteiger partial charge < -0.3 is 10.6 Å². The second-order valence-corrected chi connectivity index (χ2v) is 5.18. The maximum atomic E-state index is 12.2. The highest BCUT2D eigenvalue weighted by Gasteiger charge is 2.29. The molecule has 116 valence electrons. The summed E-state index contributed by atoms with van der Waals surface area (Å²) in [6.45, 7) is 7.96.